The third-order valence-electron chi connectivity index (χ3n) is 7.09. The van der Waals surface area contributed by atoms with Crippen molar-refractivity contribution in [3.8, 4) is 11.4 Å². The Hall–Kier alpha value is -3.85. The number of rotatable bonds is 6. The van der Waals surface area contributed by atoms with E-state index in [1.807, 2.05) is 31.2 Å². The average molecular weight is 529 g/mol. The minimum absolute atomic E-state index is 0.141. The first-order chi connectivity index (χ1) is 18.5. The van der Waals surface area contributed by atoms with Crippen LogP contribution >= 0.6 is 11.6 Å². The van der Waals surface area contributed by atoms with E-state index in [0.29, 0.717) is 38.7 Å². The maximum atomic E-state index is 13.8. The summed E-state index contributed by atoms with van der Waals surface area (Å²) in [6, 6.07) is 18.8. The minimum Gasteiger partial charge on any atom is -0.387 e. The lowest BCUT2D eigenvalue weighted by Gasteiger charge is -2.29. The number of aromatic nitrogens is 3. The van der Waals surface area contributed by atoms with E-state index < -0.39 is 6.10 Å². The van der Waals surface area contributed by atoms with Crippen LogP contribution < -0.4 is 21.0 Å². The molecule has 1 atom stereocenters. The van der Waals surface area contributed by atoms with Crippen molar-refractivity contribution < 1.29 is 5.11 Å². The predicted molar refractivity (Wildman–Crippen MR) is 154 cm³/mol. The maximum absolute atomic E-state index is 13.8. The van der Waals surface area contributed by atoms with Crippen LogP contribution in [0.25, 0.3) is 33.3 Å². The Morgan fingerprint density at radius 2 is 1.87 bits per heavy atom. The van der Waals surface area contributed by atoms with Crippen molar-refractivity contribution in [2.45, 2.75) is 13.0 Å². The van der Waals surface area contributed by atoms with Crippen molar-refractivity contribution in [3.05, 3.63) is 87.0 Å². The van der Waals surface area contributed by atoms with E-state index in [0.717, 1.165) is 48.5 Å². The Bertz CT molecular complexity index is 1690. The molecule has 1 saturated heterocycles. The molecule has 1 aliphatic rings. The van der Waals surface area contributed by atoms with Crippen molar-refractivity contribution in [1.29, 1.82) is 0 Å². The van der Waals surface area contributed by atoms with E-state index in [4.69, 9.17) is 16.6 Å². The van der Waals surface area contributed by atoms with Crippen LogP contribution in [0.3, 0.4) is 0 Å². The number of hydrogen-bond donors (Lipinski definition) is 5. The second-order valence-corrected chi connectivity index (χ2v) is 10.1. The first kappa shape index (κ1) is 24.5. The van der Waals surface area contributed by atoms with Gasteiger partial charge >= 0.3 is 0 Å². The number of anilines is 2. The largest absolute Gasteiger partial charge is 0.387 e. The van der Waals surface area contributed by atoms with Crippen molar-refractivity contribution in [1.82, 2.24) is 20.3 Å². The summed E-state index contributed by atoms with van der Waals surface area (Å²) < 4.78 is 0. The molecule has 0 unspecified atom stereocenters. The van der Waals surface area contributed by atoms with Crippen LogP contribution in [0.4, 0.5) is 11.5 Å². The molecule has 3 aromatic carbocycles. The quantitative estimate of drug-likeness (QED) is 0.220. The molecule has 194 valence electrons. The molecular formula is C29H29ClN6O2. The molecule has 0 aliphatic carbocycles. The summed E-state index contributed by atoms with van der Waals surface area (Å²) in [7, 11) is 0. The van der Waals surface area contributed by atoms with E-state index >= 15 is 0 Å². The van der Waals surface area contributed by atoms with Crippen LogP contribution in [-0.2, 0) is 0 Å². The van der Waals surface area contributed by atoms with Gasteiger partial charge in [-0.15, -0.1) is 0 Å². The molecule has 0 bridgehead atoms. The highest BCUT2D eigenvalue weighted by Gasteiger charge is 2.20. The van der Waals surface area contributed by atoms with E-state index in [1.54, 1.807) is 24.3 Å². The van der Waals surface area contributed by atoms with Crippen LogP contribution in [0.15, 0.2) is 65.5 Å². The van der Waals surface area contributed by atoms with Gasteiger partial charge in [0, 0.05) is 48.8 Å². The number of aryl methyl sites for hydroxylation is 1. The Morgan fingerprint density at radius 1 is 1.05 bits per heavy atom. The number of hydrogen-bond acceptors (Lipinski definition) is 6. The molecule has 0 radical (unpaired) electrons. The second-order valence-electron chi connectivity index (χ2n) is 9.68. The van der Waals surface area contributed by atoms with E-state index in [1.165, 1.54) is 0 Å². The summed E-state index contributed by atoms with van der Waals surface area (Å²) in [5, 5.41) is 18.6. The van der Waals surface area contributed by atoms with Gasteiger partial charge in [-0.1, -0.05) is 35.9 Å². The summed E-state index contributed by atoms with van der Waals surface area (Å²) in [5.74, 6) is 0.973. The van der Waals surface area contributed by atoms with Crippen molar-refractivity contribution in [3.63, 3.8) is 0 Å². The topological polar surface area (TPSA) is 109 Å². The molecule has 0 amide bonds. The fourth-order valence-corrected chi connectivity index (χ4v) is 5.32. The van der Waals surface area contributed by atoms with Gasteiger partial charge in [-0.3, -0.25) is 4.79 Å². The molecule has 5 aromatic rings. The third kappa shape index (κ3) is 4.62. The van der Waals surface area contributed by atoms with Crippen molar-refractivity contribution in [2.75, 3.05) is 42.9 Å². The maximum Gasteiger partial charge on any atom is 0.202 e. The number of fused-ring (bicyclic) bond motifs is 2. The van der Waals surface area contributed by atoms with E-state index in [9.17, 15) is 9.90 Å². The van der Waals surface area contributed by atoms with Crippen LogP contribution in [0.1, 0.15) is 17.2 Å². The predicted octanol–water partition coefficient (Wildman–Crippen LogP) is 4.59. The number of halogens is 1. The van der Waals surface area contributed by atoms with Gasteiger partial charge in [-0.2, -0.15) is 0 Å². The molecule has 38 heavy (non-hydrogen) atoms. The monoisotopic (exact) mass is 528 g/mol. The molecule has 1 aliphatic heterocycles. The van der Waals surface area contributed by atoms with Gasteiger partial charge in [0.1, 0.15) is 17.2 Å². The highest BCUT2D eigenvalue weighted by Crippen LogP contribution is 2.30. The lowest BCUT2D eigenvalue weighted by molar-refractivity contribution is 0.191. The number of piperazine rings is 1. The molecule has 3 heterocycles. The molecule has 6 rings (SSSR count). The molecule has 0 saturated carbocycles. The summed E-state index contributed by atoms with van der Waals surface area (Å²) in [6.07, 6.45) is -0.823. The number of nitrogens with one attached hydrogen (secondary N) is 4. The van der Waals surface area contributed by atoms with Crippen LogP contribution in [-0.4, -0.2) is 52.8 Å². The standard InChI is InChI=1S/C29H29ClN6O2/c1-17-13-20(36-11-9-31-10-12-36)15-23-26(17)35-29(34-23)25-27(38)21-7-2-3-8-22(21)33-28(25)32-16-24(37)18-5-4-6-19(30)14-18/h2-8,13-15,24,31,37H,9-12,16H2,1H3,(H,34,35)(H2,32,33,38)/t24-/m1/s1. The number of imidazole rings is 1. The van der Waals surface area contributed by atoms with Crippen molar-refractivity contribution in [2.24, 2.45) is 0 Å². The van der Waals surface area contributed by atoms with Gasteiger partial charge < -0.3 is 30.6 Å². The van der Waals surface area contributed by atoms with Gasteiger partial charge in [-0.05, 0) is 54.4 Å². The minimum atomic E-state index is -0.823. The zero-order valence-corrected chi connectivity index (χ0v) is 21.8. The normalized spacial score (nSPS) is 14.8. The Balaban J connectivity index is 1.42. The number of nitrogens with zero attached hydrogens (tertiary/aromatic N) is 2. The van der Waals surface area contributed by atoms with Crippen LogP contribution in [0.2, 0.25) is 5.02 Å². The first-order valence-corrected chi connectivity index (χ1v) is 13.1. The van der Waals surface area contributed by atoms with Gasteiger partial charge in [0.05, 0.1) is 22.7 Å². The molecule has 1 fully saturated rings. The fourth-order valence-electron chi connectivity index (χ4n) is 5.12. The number of H-pyrrole nitrogens is 2. The lowest BCUT2D eigenvalue weighted by Crippen LogP contribution is -2.43. The fraction of sp³-hybridized carbons (Fsp3) is 0.241. The third-order valence-corrected chi connectivity index (χ3v) is 7.33. The lowest BCUT2D eigenvalue weighted by atomic mass is 10.1. The number of benzene rings is 3. The molecular weight excluding hydrogens is 500 g/mol. The molecule has 5 N–H and O–H groups in total. The zero-order chi connectivity index (χ0) is 26.2. The number of aliphatic hydroxyl groups excluding tert-OH is 1. The van der Waals surface area contributed by atoms with E-state index in [-0.39, 0.29) is 12.0 Å². The van der Waals surface area contributed by atoms with Crippen LogP contribution in [0, 0.1) is 6.92 Å². The number of aliphatic hydroxyl groups is 1. The smallest absolute Gasteiger partial charge is 0.202 e. The van der Waals surface area contributed by atoms with Crippen LogP contribution in [0.5, 0.6) is 0 Å². The molecule has 8 nitrogen and oxygen atoms in total. The van der Waals surface area contributed by atoms with Gasteiger partial charge in [0.2, 0.25) is 5.43 Å². The summed E-state index contributed by atoms with van der Waals surface area (Å²) in [6.45, 7) is 6.01. The van der Waals surface area contributed by atoms with Gasteiger partial charge in [0.25, 0.3) is 0 Å². The zero-order valence-electron chi connectivity index (χ0n) is 21.0. The molecule has 9 heteroatoms. The van der Waals surface area contributed by atoms with E-state index in [2.05, 4.69) is 37.6 Å². The highest BCUT2D eigenvalue weighted by molar-refractivity contribution is 6.30. The summed E-state index contributed by atoms with van der Waals surface area (Å²) in [5.41, 5.74) is 5.55. The number of para-hydroxylation sites is 1. The molecule has 2 aromatic heterocycles. The number of aromatic amines is 2. The Kier molecular flexibility index (Phi) is 6.53. The van der Waals surface area contributed by atoms with Crippen molar-refractivity contribution >= 4 is 45.0 Å². The second kappa shape index (κ2) is 10.1. The Labute approximate surface area is 224 Å². The Morgan fingerprint density at radius 3 is 2.68 bits per heavy atom. The first-order valence-electron chi connectivity index (χ1n) is 12.8. The highest BCUT2D eigenvalue weighted by atomic mass is 35.5. The van der Waals surface area contributed by atoms with Gasteiger partial charge in [0.15, 0.2) is 0 Å². The number of pyridine rings is 1. The molecule has 0 spiro atoms. The SMILES string of the molecule is Cc1cc(N2CCNCC2)cc2[nH]c(-c3c(NC[C@@H](O)c4cccc(Cl)c4)[nH]c4ccccc4c3=O)nc12. The van der Waals surface area contributed by atoms with Gasteiger partial charge in [-0.25, -0.2) is 4.98 Å². The summed E-state index contributed by atoms with van der Waals surface area (Å²) >= 11 is 6.11. The summed E-state index contributed by atoms with van der Waals surface area (Å²) in [4.78, 5) is 27.8. The average Bonchev–Trinajstić information content (AvgIpc) is 3.36.